The Morgan fingerprint density at radius 2 is 1.50 bits per heavy atom. The largest absolute Gasteiger partial charge is 0.497 e. The molecule has 0 radical (unpaired) electrons. The highest BCUT2D eigenvalue weighted by Crippen LogP contribution is 2.38. The van der Waals surface area contributed by atoms with Crippen molar-refractivity contribution in [2.24, 2.45) is 0 Å². The highest BCUT2D eigenvalue weighted by atomic mass is 32.2. The molecule has 1 amide bonds. The van der Waals surface area contributed by atoms with Gasteiger partial charge in [-0.2, -0.15) is 0 Å². The second kappa shape index (κ2) is 10.1. The van der Waals surface area contributed by atoms with Gasteiger partial charge in [0.15, 0.2) is 11.5 Å². The van der Waals surface area contributed by atoms with Crippen LogP contribution in [0.1, 0.15) is 5.56 Å². The molecule has 0 aliphatic rings. The SMILES string of the molecule is COc1ccc(N(CC(=O)NCc2cc(OC)c(OC)c(OC)c2)S(C)(=O)=O)cc1. The maximum atomic E-state index is 12.5. The molecule has 9 nitrogen and oxygen atoms in total. The van der Waals surface area contributed by atoms with E-state index < -0.39 is 15.9 Å². The number of hydrogen-bond acceptors (Lipinski definition) is 7. The molecule has 0 bridgehead atoms. The Balaban J connectivity index is 2.14. The zero-order chi connectivity index (χ0) is 22.3. The number of methoxy groups -OCH3 is 4. The minimum atomic E-state index is -3.67. The van der Waals surface area contributed by atoms with Crippen LogP contribution in [0.5, 0.6) is 23.0 Å². The van der Waals surface area contributed by atoms with Gasteiger partial charge in [-0.3, -0.25) is 9.10 Å². The molecule has 30 heavy (non-hydrogen) atoms. The molecule has 1 N–H and O–H groups in total. The van der Waals surface area contributed by atoms with Gasteiger partial charge < -0.3 is 24.3 Å². The lowest BCUT2D eigenvalue weighted by molar-refractivity contribution is -0.119. The number of nitrogens with zero attached hydrogens (tertiary/aromatic N) is 1. The molecule has 0 aromatic heterocycles. The van der Waals surface area contributed by atoms with Gasteiger partial charge in [0.2, 0.25) is 21.7 Å². The molecule has 10 heteroatoms. The van der Waals surface area contributed by atoms with Crippen molar-refractivity contribution < 1.29 is 32.2 Å². The van der Waals surface area contributed by atoms with Gasteiger partial charge in [0.25, 0.3) is 0 Å². The number of sulfonamides is 1. The lowest BCUT2D eigenvalue weighted by Crippen LogP contribution is -2.40. The Morgan fingerprint density at radius 1 is 0.933 bits per heavy atom. The van der Waals surface area contributed by atoms with Gasteiger partial charge in [0, 0.05) is 6.54 Å². The first-order chi connectivity index (χ1) is 14.2. The van der Waals surface area contributed by atoms with E-state index in [9.17, 15) is 13.2 Å². The second-order valence-electron chi connectivity index (χ2n) is 6.28. The third-order valence-corrected chi connectivity index (χ3v) is 5.40. The molecule has 0 fully saturated rings. The van der Waals surface area contributed by atoms with Crippen molar-refractivity contribution in [2.75, 3.05) is 45.5 Å². The Hall–Kier alpha value is -3.14. The quantitative estimate of drug-likeness (QED) is 0.603. The molecule has 0 aliphatic heterocycles. The minimum absolute atomic E-state index is 0.149. The first-order valence-corrected chi connectivity index (χ1v) is 10.8. The van der Waals surface area contributed by atoms with E-state index in [0.717, 1.165) is 10.6 Å². The van der Waals surface area contributed by atoms with E-state index in [1.165, 1.54) is 28.4 Å². The van der Waals surface area contributed by atoms with Gasteiger partial charge >= 0.3 is 0 Å². The predicted molar refractivity (Wildman–Crippen MR) is 113 cm³/mol. The maximum Gasteiger partial charge on any atom is 0.241 e. The van der Waals surface area contributed by atoms with E-state index in [0.29, 0.717) is 34.2 Å². The van der Waals surface area contributed by atoms with Crippen molar-refractivity contribution in [3.05, 3.63) is 42.0 Å². The third kappa shape index (κ3) is 5.69. The molecule has 0 saturated heterocycles. The Bertz CT molecular complexity index is 950. The van der Waals surface area contributed by atoms with Gasteiger partial charge in [0.1, 0.15) is 12.3 Å². The van der Waals surface area contributed by atoms with E-state index in [1.54, 1.807) is 36.4 Å². The van der Waals surface area contributed by atoms with Crippen LogP contribution in [0.3, 0.4) is 0 Å². The summed E-state index contributed by atoms with van der Waals surface area (Å²) in [6.45, 7) is -0.217. The van der Waals surface area contributed by atoms with Crippen LogP contribution in [0, 0.1) is 0 Å². The van der Waals surface area contributed by atoms with Crippen LogP contribution >= 0.6 is 0 Å². The lowest BCUT2D eigenvalue weighted by Gasteiger charge is -2.22. The summed E-state index contributed by atoms with van der Waals surface area (Å²) in [7, 11) is 2.34. The van der Waals surface area contributed by atoms with Crippen molar-refractivity contribution in [3.8, 4) is 23.0 Å². The second-order valence-corrected chi connectivity index (χ2v) is 8.18. The smallest absolute Gasteiger partial charge is 0.241 e. The summed E-state index contributed by atoms with van der Waals surface area (Å²) in [5.74, 6) is 1.47. The monoisotopic (exact) mass is 438 g/mol. The van der Waals surface area contributed by atoms with Crippen LogP contribution in [-0.4, -0.2) is 55.6 Å². The first-order valence-electron chi connectivity index (χ1n) is 8.90. The summed E-state index contributed by atoms with van der Waals surface area (Å²) in [5.41, 5.74) is 1.06. The average Bonchev–Trinajstić information content (AvgIpc) is 2.74. The minimum Gasteiger partial charge on any atom is -0.497 e. The molecule has 2 rings (SSSR count). The molecule has 0 unspecified atom stereocenters. The number of nitrogens with one attached hydrogen (secondary N) is 1. The summed E-state index contributed by atoms with van der Waals surface area (Å²) in [6, 6.07) is 9.82. The van der Waals surface area contributed by atoms with Crippen LogP contribution in [0.4, 0.5) is 5.69 Å². The van der Waals surface area contributed by atoms with Gasteiger partial charge in [-0.25, -0.2) is 8.42 Å². The molecule has 0 spiro atoms. The van der Waals surface area contributed by atoms with E-state index in [-0.39, 0.29) is 13.1 Å². The lowest BCUT2D eigenvalue weighted by atomic mass is 10.1. The highest BCUT2D eigenvalue weighted by Gasteiger charge is 2.21. The van der Waals surface area contributed by atoms with Crippen molar-refractivity contribution in [2.45, 2.75) is 6.54 Å². The molecule has 0 heterocycles. The van der Waals surface area contributed by atoms with Crippen molar-refractivity contribution in [1.29, 1.82) is 0 Å². The van der Waals surface area contributed by atoms with E-state index >= 15 is 0 Å². The van der Waals surface area contributed by atoms with Crippen molar-refractivity contribution in [1.82, 2.24) is 5.32 Å². The van der Waals surface area contributed by atoms with Crippen molar-refractivity contribution in [3.63, 3.8) is 0 Å². The molecule has 0 saturated carbocycles. The summed E-state index contributed by atoms with van der Waals surface area (Å²) < 4.78 is 46.4. The summed E-state index contributed by atoms with van der Waals surface area (Å²) in [4.78, 5) is 12.5. The van der Waals surface area contributed by atoms with Crippen LogP contribution in [-0.2, 0) is 21.4 Å². The van der Waals surface area contributed by atoms with Crippen LogP contribution in [0.15, 0.2) is 36.4 Å². The summed E-state index contributed by atoms with van der Waals surface area (Å²) in [5, 5.41) is 2.71. The number of carbonyl (C=O) groups is 1. The molecule has 164 valence electrons. The number of hydrogen-bond donors (Lipinski definition) is 1. The molecule has 0 atom stereocenters. The summed E-state index contributed by atoms with van der Waals surface area (Å²) in [6.07, 6.45) is 1.05. The molecular formula is C20H26N2O7S. The van der Waals surface area contributed by atoms with E-state index in [1.807, 2.05) is 0 Å². The predicted octanol–water partition coefficient (Wildman–Crippen LogP) is 1.80. The molecule has 2 aromatic carbocycles. The van der Waals surface area contributed by atoms with E-state index in [2.05, 4.69) is 5.32 Å². The van der Waals surface area contributed by atoms with Crippen LogP contribution in [0.2, 0.25) is 0 Å². The zero-order valence-electron chi connectivity index (χ0n) is 17.6. The number of amides is 1. The third-order valence-electron chi connectivity index (χ3n) is 4.26. The number of anilines is 1. The number of carbonyl (C=O) groups excluding carboxylic acids is 1. The molecule has 0 aliphatic carbocycles. The van der Waals surface area contributed by atoms with Gasteiger partial charge in [0.05, 0.1) is 40.4 Å². The fourth-order valence-electron chi connectivity index (χ4n) is 2.77. The number of benzene rings is 2. The molecule has 2 aromatic rings. The Kier molecular flexibility index (Phi) is 7.76. The zero-order valence-corrected chi connectivity index (χ0v) is 18.4. The summed E-state index contributed by atoms with van der Waals surface area (Å²) >= 11 is 0. The molecular weight excluding hydrogens is 412 g/mol. The Labute approximate surface area is 176 Å². The van der Waals surface area contributed by atoms with Gasteiger partial charge in [-0.15, -0.1) is 0 Å². The Morgan fingerprint density at radius 3 is 1.93 bits per heavy atom. The topological polar surface area (TPSA) is 103 Å². The number of ether oxygens (including phenoxy) is 4. The first kappa shape index (κ1) is 23.1. The van der Waals surface area contributed by atoms with Gasteiger partial charge in [-0.05, 0) is 42.0 Å². The van der Waals surface area contributed by atoms with Crippen LogP contribution < -0.4 is 28.6 Å². The standard InChI is InChI=1S/C20H26N2O7S/c1-26-16-8-6-15(7-9-16)22(30(5,24)25)13-19(23)21-12-14-10-17(27-2)20(29-4)18(11-14)28-3/h6-11H,12-13H2,1-5H3,(H,21,23). The van der Waals surface area contributed by atoms with Crippen molar-refractivity contribution >= 4 is 21.6 Å². The highest BCUT2D eigenvalue weighted by molar-refractivity contribution is 7.92. The average molecular weight is 439 g/mol. The van der Waals surface area contributed by atoms with Gasteiger partial charge in [-0.1, -0.05) is 0 Å². The van der Waals surface area contributed by atoms with E-state index in [4.69, 9.17) is 18.9 Å². The number of rotatable bonds is 10. The fraction of sp³-hybridized carbons (Fsp3) is 0.350. The maximum absolute atomic E-state index is 12.5. The normalized spacial score (nSPS) is 10.8. The fourth-order valence-corrected chi connectivity index (χ4v) is 3.63. The van der Waals surface area contributed by atoms with Crippen LogP contribution in [0.25, 0.3) is 0 Å².